The van der Waals surface area contributed by atoms with E-state index in [4.69, 9.17) is 0 Å². The molecule has 1 heterocycles. The highest BCUT2D eigenvalue weighted by Gasteiger charge is 2.10. The molecule has 0 unspecified atom stereocenters. The van der Waals surface area contributed by atoms with Crippen LogP contribution in [0.15, 0.2) is 42.0 Å². The Morgan fingerprint density at radius 3 is 2.69 bits per heavy atom. The molecule has 0 saturated heterocycles. The van der Waals surface area contributed by atoms with Crippen LogP contribution < -0.4 is 0 Å². The van der Waals surface area contributed by atoms with Crippen molar-refractivity contribution in [3.63, 3.8) is 0 Å². The van der Waals surface area contributed by atoms with Crippen molar-refractivity contribution in [3.05, 3.63) is 47.5 Å². The summed E-state index contributed by atoms with van der Waals surface area (Å²) in [6.07, 6.45) is 4.86. The second kappa shape index (κ2) is 6.12. The average molecular weight is 233 g/mol. The summed E-state index contributed by atoms with van der Waals surface area (Å²) in [6, 6.07) is 10.7. The van der Waals surface area contributed by atoms with Crippen LogP contribution in [-0.4, -0.2) is 17.4 Å². The standard InChI is InChI=1S/C14H19NS/c1-2-13-8-10-15(11-9-13)16-12-14-6-4-3-5-7-14/h3-8H,2,9-12H2,1H3. The number of benzene rings is 1. The lowest BCUT2D eigenvalue weighted by atomic mass is 10.1. The largest absolute Gasteiger partial charge is 0.246 e. The van der Waals surface area contributed by atoms with Crippen molar-refractivity contribution in [3.8, 4) is 0 Å². The van der Waals surface area contributed by atoms with Crippen molar-refractivity contribution in [2.75, 3.05) is 13.1 Å². The monoisotopic (exact) mass is 233 g/mol. The van der Waals surface area contributed by atoms with Gasteiger partial charge in [-0.3, -0.25) is 0 Å². The van der Waals surface area contributed by atoms with Gasteiger partial charge in [0.25, 0.3) is 0 Å². The highest BCUT2D eigenvalue weighted by molar-refractivity contribution is 7.96. The van der Waals surface area contributed by atoms with Crippen LogP contribution in [-0.2, 0) is 5.75 Å². The van der Waals surface area contributed by atoms with Gasteiger partial charge < -0.3 is 0 Å². The van der Waals surface area contributed by atoms with Crippen LogP contribution in [0.4, 0.5) is 0 Å². The summed E-state index contributed by atoms with van der Waals surface area (Å²) in [6.45, 7) is 4.57. The number of nitrogens with zero attached hydrogens (tertiary/aromatic N) is 1. The topological polar surface area (TPSA) is 3.24 Å². The summed E-state index contributed by atoms with van der Waals surface area (Å²) in [7, 11) is 0. The molecule has 0 bridgehead atoms. The Labute approximate surface area is 103 Å². The van der Waals surface area contributed by atoms with Crippen molar-refractivity contribution in [2.24, 2.45) is 0 Å². The third kappa shape index (κ3) is 3.39. The zero-order valence-corrected chi connectivity index (χ0v) is 10.7. The predicted octanol–water partition coefficient (Wildman–Crippen LogP) is 3.88. The molecule has 0 atom stereocenters. The molecule has 0 aliphatic carbocycles. The van der Waals surface area contributed by atoms with Gasteiger partial charge in [0.05, 0.1) is 0 Å². The molecule has 1 aromatic carbocycles. The van der Waals surface area contributed by atoms with Gasteiger partial charge in [0.2, 0.25) is 0 Å². The zero-order valence-electron chi connectivity index (χ0n) is 9.86. The fourth-order valence-corrected chi connectivity index (χ4v) is 2.80. The first kappa shape index (κ1) is 11.7. The van der Waals surface area contributed by atoms with Gasteiger partial charge in [-0.1, -0.05) is 60.9 Å². The van der Waals surface area contributed by atoms with Crippen LogP contribution in [0.5, 0.6) is 0 Å². The maximum Gasteiger partial charge on any atom is 0.0332 e. The Hall–Kier alpha value is -0.730. The molecule has 1 aromatic rings. The fourth-order valence-electron chi connectivity index (χ4n) is 1.87. The van der Waals surface area contributed by atoms with E-state index in [0.29, 0.717) is 0 Å². The molecule has 1 nitrogen and oxygen atoms in total. The summed E-state index contributed by atoms with van der Waals surface area (Å²) in [5, 5.41) is 0. The molecule has 16 heavy (non-hydrogen) atoms. The molecule has 0 N–H and O–H groups in total. The minimum absolute atomic E-state index is 1.09. The van der Waals surface area contributed by atoms with Gasteiger partial charge in [-0.15, -0.1) is 0 Å². The normalized spacial score (nSPS) is 17.2. The van der Waals surface area contributed by atoms with Crippen LogP contribution in [0, 0.1) is 0 Å². The Bertz CT molecular complexity index is 345. The highest BCUT2D eigenvalue weighted by atomic mass is 32.2. The second-order valence-electron chi connectivity index (χ2n) is 4.11. The SMILES string of the molecule is CCC1=CCN(SCc2ccccc2)CC1. The molecule has 1 aliphatic rings. The predicted molar refractivity (Wildman–Crippen MR) is 72.3 cm³/mol. The van der Waals surface area contributed by atoms with Crippen LogP contribution in [0.1, 0.15) is 25.3 Å². The fraction of sp³-hybridized carbons (Fsp3) is 0.429. The average Bonchev–Trinajstić information content (AvgIpc) is 2.38. The maximum absolute atomic E-state index is 2.46. The summed E-state index contributed by atoms with van der Waals surface area (Å²) in [5.41, 5.74) is 3.04. The van der Waals surface area contributed by atoms with Gasteiger partial charge in [0.15, 0.2) is 0 Å². The first-order chi connectivity index (χ1) is 7.88. The quantitative estimate of drug-likeness (QED) is 0.573. The van der Waals surface area contributed by atoms with Crippen molar-refractivity contribution < 1.29 is 0 Å². The zero-order chi connectivity index (χ0) is 11.2. The summed E-state index contributed by atoms with van der Waals surface area (Å²) in [4.78, 5) is 0. The maximum atomic E-state index is 2.46. The molecular formula is C14H19NS. The lowest BCUT2D eigenvalue weighted by Crippen LogP contribution is -2.22. The van der Waals surface area contributed by atoms with Crippen molar-refractivity contribution in [1.29, 1.82) is 0 Å². The molecule has 2 rings (SSSR count). The molecule has 0 radical (unpaired) electrons. The van der Waals surface area contributed by atoms with E-state index in [2.05, 4.69) is 47.6 Å². The van der Waals surface area contributed by atoms with Crippen molar-refractivity contribution in [1.82, 2.24) is 4.31 Å². The smallest absolute Gasteiger partial charge is 0.0332 e. The van der Waals surface area contributed by atoms with Gasteiger partial charge in [-0.05, 0) is 18.4 Å². The Kier molecular flexibility index (Phi) is 4.49. The van der Waals surface area contributed by atoms with Gasteiger partial charge in [0, 0.05) is 18.8 Å². The summed E-state index contributed by atoms with van der Waals surface area (Å²) in [5.74, 6) is 1.09. The van der Waals surface area contributed by atoms with E-state index in [1.807, 2.05) is 11.9 Å². The van der Waals surface area contributed by atoms with Crippen molar-refractivity contribution >= 4 is 11.9 Å². The van der Waals surface area contributed by atoms with Gasteiger partial charge >= 0.3 is 0 Å². The van der Waals surface area contributed by atoms with Crippen molar-refractivity contribution in [2.45, 2.75) is 25.5 Å². The molecule has 0 fully saturated rings. The minimum atomic E-state index is 1.09. The lowest BCUT2D eigenvalue weighted by Gasteiger charge is -2.24. The molecule has 0 spiro atoms. The van der Waals surface area contributed by atoms with E-state index < -0.39 is 0 Å². The van der Waals surface area contributed by atoms with Gasteiger partial charge in [0.1, 0.15) is 0 Å². The highest BCUT2D eigenvalue weighted by Crippen LogP contribution is 2.22. The number of hydrogen-bond acceptors (Lipinski definition) is 2. The Morgan fingerprint density at radius 1 is 1.25 bits per heavy atom. The molecule has 1 aliphatic heterocycles. The molecule has 0 amide bonds. The van der Waals surface area contributed by atoms with Gasteiger partial charge in [-0.2, -0.15) is 0 Å². The molecular weight excluding hydrogens is 214 g/mol. The first-order valence-corrected chi connectivity index (χ1v) is 6.92. The molecule has 2 heteroatoms. The minimum Gasteiger partial charge on any atom is -0.246 e. The van der Waals surface area contributed by atoms with Gasteiger partial charge in [-0.25, -0.2) is 4.31 Å². The first-order valence-electron chi connectivity index (χ1n) is 5.98. The van der Waals surface area contributed by atoms with Crippen LogP contribution in [0.3, 0.4) is 0 Å². The third-order valence-corrected chi connectivity index (χ3v) is 4.14. The lowest BCUT2D eigenvalue weighted by molar-refractivity contribution is 0.493. The van der Waals surface area contributed by atoms with E-state index in [1.165, 1.54) is 24.9 Å². The summed E-state index contributed by atoms with van der Waals surface area (Å²) >= 11 is 1.95. The molecule has 0 aromatic heterocycles. The second-order valence-corrected chi connectivity index (χ2v) is 5.18. The number of rotatable bonds is 4. The molecule has 86 valence electrons. The third-order valence-electron chi connectivity index (χ3n) is 2.98. The van der Waals surface area contributed by atoms with E-state index in [1.54, 1.807) is 5.57 Å². The van der Waals surface area contributed by atoms with Crippen LogP contribution in [0.2, 0.25) is 0 Å². The molecule has 0 saturated carbocycles. The van der Waals surface area contributed by atoms with Crippen LogP contribution >= 0.6 is 11.9 Å². The van der Waals surface area contributed by atoms with E-state index in [9.17, 15) is 0 Å². The Morgan fingerprint density at radius 2 is 2.06 bits per heavy atom. The van der Waals surface area contributed by atoms with E-state index in [0.717, 1.165) is 12.3 Å². The van der Waals surface area contributed by atoms with E-state index >= 15 is 0 Å². The van der Waals surface area contributed by atoms with E-state index in [-0.39, 0.29) is 0 Å². The summed E-state index contributed by atoms with van der Waals surface area (Å²) < 4.78 is 2.46. The Balaban J connectivity index is 1.78. The van der Waals surface area contributed by atoms with Crippen LogP contribution in [0.25, 0.3) is 0 Å². The number of hydrogen-bond donors (Lipinski definition) is 0.